The lowest BCUT2D eigenvalue weighted by atomic mass is 10.2. The zero-order valence-corrected chi connectivity index (χ0v) is 26.7. The molecule has 0 saturated heterocycles. The normalized spacial score (nSPS) is 11.3. The minimum absolute atomic E-state index is 1.30. The van der Waals surface area contributed by atoms with E-state index in [1.165, 1.54) is 78.9 Å². The summed E-state index contributed by atoms with van der Waals surface area (Å²) in [5, 5.41) is 0. The molecule has 0 unspecified atom stereocenters. The van der Waals surface area contributed by atoms with Gasteiger partial charge in [-0.2, -0.15) is 0 Å². The quantitative estimate of drug-likeness (QED) is 0.260. The van der Waals surface area contributed by atoms with Crippen LogP contribution in [-0.4, -0.2) is 32.7 Å². The van der Waals surface area contributed by atoms with Gasteiger partial charge >= 0.3 is 0 Å². The molecular weight excluding hydrogens is 485 g/mol. The van der Waals surface area contributed by atoms with Gasteiger partial charge in [0.15, 0.2) is 0 Å². The van der Waals surface area contributed by atoms with Crippen molar-refractivity contribution < 1.29 is 4.90 Å². The molecule has 4 aromatic rings. The summed E-state index contributed by atoms with van der Waals surface area (Å²) in [5.41, 5.74) is 5.22. The molecule has 4 aromatic carbocycles. The van der Waals surface area contributed by atoms with Crippen LogP contribution in [0.1, 0.15) is 62.3 Å². The molecule has 0 aliphatic rings. The van der Waals surface area contributed by atoms with Crippen molar-refractivity contribution >= 4 is 30.8 Å². The molecule has 0 aromatic heterocycles. The maximum absolute atomic E-state index is 2.80. The first-order chi connectivity index (χ1) is 18.8. The van der Waals surface area contributed by atoms with Crippen LogP contribution in [0.4, 0.5) is 0 Å². The van der Waals surface area contributed by atoms with Crippen molar-refractivity contribution in [3.8, 4) is 0 Å². The highest BCUT2D eigenvalue weighted by Gasteiger charge is 2.36. The fourth-order valence-electron chi connectivity index (χ4n) is 6.01. The first-order valence-corrected chi connectivity index (χ1v) is 17.4. The fourth-order valence-corrected chi connectivity index (χ4v) is 11.4. The number of hydrogen-bond acceptors (Lipinski definition) is 0. The van der Waals surface area contributed by atoms with E-state index >= 15 is 0 Å². The van der Waals surface area contributed by atoms with Gasteiger partial charge in [-0.1, -0.05) is 91.6 Å². The Hall–Kier alpha value is -2.63. The third kappa shape index (κ3) is 7.95. The SMILES string of the molecule is CCC[NH+](CCC)CCC.Cc1cc[c]([Al-]([c]2ccc(C)cc2)([c]2ccc(C)cc2)[c]2ccc(C)cc2)cc1. The molecule has 0 fully saturated rings. The number of aryl methyl sites for hydroxylation is 4. The predicted molar refractivity (Wildman–Crippen MR) is 175 cm³/mol. The predicted octanol–water partition coefficient (Wildman–Crippen LogP) is 5.40. The van der Waals surface area contributed by atoms with Crippen molar-refractivity contribution in [2.24, 2.45) is 0 Å². The number of benzene rings is 4. The molecule has 0 atom stereocenters. The largest absolute Gasteiger partial charge is 0.335 e. The van der Waals surface area contributed by atoms with Crippen LogP contribution in [0.3, 0.4) is 0 Å². The highest BCUT2D eigenvalue weighted by molar-refractivity contribution is 7.19. The Morgan fingerprint density at radius 1 is 0.385 bits per heavy atom. The van der Waals surface area contributed by atoms with E-state index in [9.17, 15) is 0 Å². The lowest BCUT2D eigenvalue weighted by Gasteiger charge is -2.41. The van der Waals surface area contributed by atoms with E-state index < -0.39 is 13.1 Å². The van der Waals surface area contributed by atoms with Crippen molar-refractivity contribution in [1.29, 1.82) is 0 Å². The molecule has 39 heavy (non-hydrogen) atoms. The summed E-state index contributed by atoms with van der Waals surface area (Å²) in [6.07, 6.45) is 3.99. The Balaban J connectivity index is 0.000000360. The molecule has 0 aliphatic carbocycles. The lowest BCUT2D eigenvalue weighted by Crippen LogP contribution is -3.11. The molecule has 1 nitrogen and oxygen atoms in total. The molecule has 0 radical (unpaired) electrons. The van der Waals surface area contributed by atoms with Crippen molar-refractivity contribution in [1.82, 2.24) is 0 Å². The molecule has 206 valence electrons. The Kier molecular flexibility index (Phi) is 12.1. The summed E-state index contributed by atoms with van der Waals surface area (Å²) >= 11 is -2.80. The summed E-state index contributed by atoms with van der Waals surface area (Å²) < 4.78 is 5.83. The maximum Gasteiger partial charge on any atom is 0.266 e. The Morgan fingerprint density at radius 2 is 0.590 bits per heavy atom. The zero-order chi connectivity index (χ0) is 28.3. The van der Waals surface area contributed by atoms with Gasteiger partial charge in [-0.05, 0) is 47.0 Å². The van der Waals surface area contributed by atoms with Crippen molar-refractivity contribution in [2.75, 3.05) is 19.6 Å². The molecule has 0 spiro atoms. The average Bonchev–Trinajstić information content (AvgIpc) is 2.93. The maximum atomic E-state index is 2.36. The summed E-state index contributed by atoms with van der Waals surface area (Å²) in [4.78, 5) is 1.78. The van der Waals surface area contributed by atoms with Gasteiger partial charge in [-0.15, -0.1) is 48.5 Å². The topological polar surface area (TPSA) is 4.44 Å². The van der Waals surface area contributed by atoms with E-state index in [0.717, 1.165) is 0 Å². The van der Waals surface area contributed by atoms with E-state index in [0.29, 0.717) is 0 Å². The van der Waals surface area contributed by atoms with Gasteiger partial charge in [0.25, 0.3) is 13.1 Å². The van der Waals surface area contributed by atoms with Crippen LogP contribution in [0.15, 0.2) is 97.1 Å². The van der Waals surface area contributed by atoms with Gasteiger partial charge in [0.1, 0.15) is 0 Å². The van der Waals surface area contributed by atoms with Crippen LogP contribution in [-0.2, 0) is 0 Å². The Labute approximate surface area is 241 Å². The van der Waals surface area contributed by atoms with E-state index in [4.69, 9.17) is 0 Å². The van der Waals surface area contributed by atoms with E-state index in [1.54, 1.807) is 4.90 Å². The number of hydrogen-bond donors (Lipinski definition) is 1. The minimum Gasteiger partial charge on any atom is -0.335 e. The lowest BCUT2D eigenvalue weighted by molar-refractivity contribution is -0.900. The van der Waals surface area contributed by atoms with Crippen LogP contribution in [0.25, 0.3) is 0 Å². The van der Waals surface area contributed by atoms with Crippen LogP contribution in [0.2, 0.25) is 0 Å². The van der Waals surface area contributed by atoms with Gasteiger partial charge in [0.05, 0.1) is 19.6 Å². The molecule has 0 amide bonds. The Morgan fingerprint density at radius 3 is 0.769 bits per heavy atom. The van der Waals surface area contributed by atoms with Crippen LogP contribution < -0.4 is 22.6 Å². The van der Waals surface area contributed by atoms with E-state index in [-0.39, 0.29) is 0 Å². The van der Waals surface area contributed by atoms with E-state index in [1.807, 2.05) is 0 Å². The van der Waals surface area contributed by atoms with Crippen molar-refractivity contribution in [3.05, 3.63) is 119 Å². The van der Waals surface area contributed by atoms with E-state index in [2.05, 4.69) is 146 Å². The van der Waals surface area contributed by atoms with Gasteiger partial charge in [-0.25, -0.2) is 17.7 Å². The Bertz CT molecular complexity index is 1040. The second kappa shape index (κ2) is 15.2. The summed E-state index contributed by atoms with van der Waals surface area (Å²) in [5.74, 6) is 0. The highest BCUT2D eigenvalue weighted by Crippen LogP contribution is 2.12. The summed E-state index contributed by atoms with van der Waals surface area (Å²) in [6.45, 7) is 19.6. The van der Waals surface area contributed by atoms with Gasteiger partial charge < -0.3 is 4.90 Å². The fraction of sp³-hybridized carbons (Fsp3) is 0.351. The third-order valence-electron chi connectivity index (χ3n) is 8.12. The monoisotopic (exact) mass is 535 g/mol. The van der Waals surface area contributed by atoms with Gasteiger partial charge in [-0.3, -0.25) is 0 Å². The summed E-state index contributed by atoms with van der Waals surface area (Å²) in [6, 6.07) is 37.0. The molecule has 0 aliphatic heterocycles. The van der Waals surface area contributed by atoms with Crippen LogP contribution >= 0.6 is 0 Å². The standard InChI is InChI=1S/C9H21N.4C7H7.Al/c1-4-7-10(8-5-2)9-6-3;4*1-7-5-3-2-4-6-7;/h4-9H2,1-3H3;4*3-6H,1H3;/q;;;;;-1/p+1. The molecule has 0 saturated carbocycles. The highest BCUT2D eigenvalue weighted by atomic mass is 27.2. The first kappa shape index (κ1) is 30.9. The molecule has 0 bridgehead atoms. The summed E-state index contributed by atoms with van der Waals surface area (Å²) in [7, 11) is 0. The molecular formula is C37H50AlN. The number of quaternary nitrogens is 1. The smallest absolute Gasteiger partial charge is 0.266 e. The second-order valence-electron chi connectivity index (χ2n) is 11.5. The van der Waals surface area contributed by atoms with Gasteiger partial charge in [0.2, 0.25) is 0 Å². The van der Waals surface area contributed by atoms with Gasteiger partial charge in [0, 0.05) is 0 Å². The number of rotatable bonds is 10. The van der Waals surface area contributed by atoms with Crippen LogP contribution in [0.5, 0.6) is 0 Å². The molecule has 2 heteroatoms. The second-order valence-corrected chi connectivity index (χ2v) is 15.9. The molecule has 1 N–H and O–H groups in total. The average molecular weight is 536 g/mol. The zero-order valence-electron chi connectivity index (χ0n) is 25.6. The molecule has 4 rings (SSSR count). The number of nitrogens with one attached hydrogen (secondary N) is 1. The third-order valence-corrected chi connectivity index (χ3v) is 13.7. The minimum atomic E-state index is -2.80. The molecule has 0 heterocycles. The van der Waals surface area contributed by atoms with Crippen LogP contribution in [0, 0.1) is 27.7 Å². The van der Waals surface area contributed by atoms with Crippen molar-refractivity contribution in [2.45, 2.75) is 67.7 Å². The van der Waals surface area contributed by atoms with Crippen molar-refractivity contribution in [3.63, 3.8) is 0 Å². The first-order valence-electron chi connectivity index (χ1n) is 15.1.